The average Bonchev–Trinajstić information content (AvgIpc) is 2.51. The molecule has 0 fully saturated rings. The molecular weight excluding hydrogens is 350 g/mol. The smallest absolute Gasteiger partial charge is 0.412 e. The molecule has 0 saturated heterocycles. The molecule has 148 valence electrons. The van der Waals surface area contributed by atoms with E-state index in [1.165, 1.54) is 4.90 Å². The number of ether oxygens (including phenoxy) is 2. The molecule has 3 amide bonds. The molecular formula is C19H27N3O5. The van der Waals surface area contributed by atoms with Gasteiger partial charge in [0.25, 0.3) is 5.91 Å². The van der Waals surface area contributed by atoms with Gasteiger partial charge in [-0.15, -0.1) is 0 Å². The Morgan fingerprint density at radius 3 is 2.63 bits per heavy atom. The number of benzene rings is 1. The molecule has 0 aliphatic carbocycles. The van der Waals surface area contributed by atoms with Crippen molar-refractivity contribution in [1.82, 2.24) is 5.32 Å². The quantitative estimate of drug-likeness (QED) is 0.822. The Kier molecular flexibility index (Phi) is 6.30. The van der Waals surface area contributed by atoms with E-state index in [-0.39, 0.29) is 37.4 Å². The molecule has 1 heterocycles. The normalized spacial score (nSPS) is 13.7. The van der Waals surface area contributed by atoms with Gasteiger partial charge in [0.1, 0.15) is 11.4 Å². The fourth-order valence-corrected chi connectivity index (χ4v) is 2.55. The van der Waals surface area contributed by atoms with Crippen molar-refractivity contribution in [3.05, 3.63) is 18.2 Å². The Hall–Kier alpha value is -2.77. The highest BCUT2D eigenvalue weighted by atomic mass is 16.6. The number of carbonyl (C=O) groups excluding carboxylic acids is 3. The lowest BCUT2D eigenvalue weighted by Crippen LogP contribution is -2.41. The minimum absolute atomic E-state index is 0.0369. The summed E-state index contributed by atoms with van der Waals surface area (Å²) >= 11 is 0. The summed E-state index contributed by atoms with van der Waals surface area (Å²) < 4.78 is 10.7. The highest BCUT2D eigenvalue weighted by Gasteiger charge is 2.27. The summed E-state index contributed by atoms with van der Waals surface area (Å²) in [5, 5.41) is 5.44. The van der Waals surface area contributed by atoms with Crippen molar-refractivity contribution in [2.24, 2.45) is 0 Å². The van der Waals surface area contributed by atoms with Crippen LogP contribution in [0.15, 0.2) is 18.2 Å². The van der Waals surface area contributed by atoms with Gasteiger partial charge in [-0.1, -0.05) is 0 Å². The number of fused-ring (bicyclic) bond motifs is 1. The lowest BCUT2D eigenvalue weighted by molar-refractivity contribution is -0.122. The van der Waals surface area contributed by atoms with Crippen LogP contribution in [0.1, 0.15) is 41.0 Å². The fraction of sp³-hybridized carbons (Fsp3) is 0.526. The number of anilines is 2. The van der Waals surface area contributed by atoms with E-state index in [0.717, 1.165) is 0 Å². The molecule has 2 rings (SSSR count). The summed E-state index contributed by atoms with van der Waals surface area (Å²) in [6.45, 7) is 9.21. The van der Waals surface area contributed by atoms with E-state index in [0.29, 0.717) is 17.1 Å². The van der Waals surface area contributed by atoms with Crippen molar-refractivity contribution in [2.75, 3.05) is 23.4 Å². The van der Waals surface area contributed by atoms with Crippen LogP contribution >= 0.6 is 0 Å². The standard InChI is InChI=1S/C19H27N3O5/c1-12(2)20-16(23)8-9-22-14-10-13(21-18(25)27-19(3,4)5)6-7-15(14)26-11-17(22)24/h6-7,10,12H,8-9,11H2,1-5H3,(H,20,23)(H,21,25). The summed E-state index contributed by atoms with van der Waals surface area (Å²) in [4.78, 5) is 37.6. The maximum Gasteiger partial charge on any atom is 0.412 e. The zero-order valence-corrected chi connectivity index (χ0v) is 16.4. The first kappa shape index (κ1) is 20.5. The molecule has 2 N–H and O–H groups in total. The minimum atomic E-state index is -0.618. The third-order valence-electron chi connectivity index (χ3n) is 3.56. The largest absolute Gasteiger partial charge is 0.482 e. The summed E-state index contributed by atoms with van der Waals surface area (Å²) in [7, 11) is 0. The summed E-state index contributed by atoms with van der Waals surface area (Å²) in [6, 6.07) is 5.02. The van der Waals surface area contributed by atoms with Crippen molar-refractivity contribution >= 4 is 29.3 Å². The Balaban J connectivity index is 2.13. The van der Waals surface area contributed by atoms with Crippen LogP contribution in [0, 0.1) is 0 Å². The Morgan fingerprint density at radius 2 is 2.00 bits per heavy atom. The van der Waals surface area contributed by atoms with E-state index in [1.807, 2.05) is 13.8 Å². The second-order valence-electron chi connectivity index (χ2n) is 7.62. The molecule has 0 bridgehead atoms. The van der Waals surface area contributed by atoms with E-state index in [4.69, 9.17) is 9.47 Å². The van der Waals surface area contributed by atoms with E-state index < -0.39 is 11.7 Å². The first-order valence-electron chi connectivity index (χ1n) is 8.92. The fourth-order valence-electron chi connectivity index (χ4n) is 2.55. The van der Waals surface area contributed by atoms with E-state index in [1.54, 1.807) is 39.0 Å². The van der Waals surface area contributed by atoms with Gasteiger partial charge in [-0.2, -0.15) is 0 Å². The third-order valence-corrected chi connectivity index (χ3v) is 3.56. The highest BCUT2D eigenvalue weighted by molar-refractivity contribution is 5.99. The Bertz CT molecular complexity index is 725. The number of amides is 3. The van der Waals surface area contributed by atoms with Gasteiger partial charge in [-0.3, -0.25) is 14.9 Å². The third kappa shape index (κ3) is 6.16. The maximum absolute atomic E-state index is 12.3. The van der Waals surface area contributed by atoms with Crippen LogP contribution in [-0.4, -0.2) is 42.7 Å². The van der Waals surface area contributed by atoms with Crippen LogP contribution in [-0.2, 0) is 14.3 Å². The molecule has 0 aromatic heterocycles. The van der Waals surface area contributed by atoms with Crippen molar-refractivity contribution < 1.29 is 23.9 Å². The predicted molar refractivity (Wildman–Crippen MR) is 102 cm³/mol. The second-order valence-corrected chi connectivity index (χ2v) is 7.62. The zero-order valence-electron chi connectivity index (χ0n) is 16.4. The highest BCUT2D eigenvalue weighted by Crippen LogP contribution is 2.34. The summed E-state index contributed by atoms with van der Waals surface area (Å²) in [5.41, 5.74) is 0.364. The van der Waals surface area contributed by atoms with Crippen molar-refractivity contribution in [2.45, 2.75) is 52.7 Å². The molecule has 0 spiro atoms. The molecule has 1 aromatic rings. The average molecular weight is 377 g/mol. The lowest BCUT2D eigenvalue weighted by atomic mass is 10.2. The SMILES string of the molecule is CC(C)NC(=O)CCN1C(=O)COc2ccc(NC(=O)OC(C)(C)C)cc21. The van der Waals surface area contributed by atoms with Crippen LogP contribution in [0.2, 0.25) is 0 Å². The number of carbonyl (C=O) groups is 3. The van der Waals surface area contributed by atoms with E-state index >= 15 is 0 Å². The topological polar surface area (TPSA) is 97.0 Å². The van der Waals surface area contributed by atoms with Crippen molar-refractivity contribution in [1.29, 1.82) is 0 Å². The molecule has 27 heavy (non-hydrogen) atoms. The maximum atomic E-state index is 12.3. The van der Waals surface area contributed by atoms with Gasteiger partial charge in [-0.25, -0.2) is 4.79 Å². The van der Waals surface area contributed by atoms with E-state index in [9.17, 15) is 14.4 Å². The predicted octanol–water partition coefficient (Wildman–Crippen LogP) is 2.67. The minimum Gasteiger partial charge on any atom is -0.482 e. The van der Waals surface area contributed by atoms with Gasteiger partial charge in [0, 0.05) is 24.7 Å². The molecule has 1 aliphatic heterocycles. The van der Waals surface area contributed by atoms with E-state index in [2.05, 4.69) is 10.6 Å². The number of rotatable bonds is 5. The van der Waals surface area contributed by atoms with Crippen LogP contribution < -0.4 is 20.3 Å². The van der Waals surface area contributed by atoms with Crippen molar-refractivity contribution in [3.63, 3.8) is 0 Å². The first-order valence-corrected chi connectivity index (χ1v) is 8.92. The molecule has 0 saturated carbocycles. The molecule has 1 aromatic carbocycles. The Morgan fingerprint density at radius 1 is 1.30 bits per heavy atom. The number of hydrogen-bond donors (Lipinski definition) is 2. The summed E-state index contributed by atoms with van der Waals surface area (Å²) in [6.07, 6.45) is -0.416. The molecule has 1 aliphatic rings. The number of nitrogens with one attached hydrogen (secondary N) is 2. The molecule has 8 heteroatoms. The van der Waals surface area contributed by atoms with Crippen LogP contribution in [0.3, 0.4) is 0 Å². The van der Waals surface area contributed by atoms with Crippen LogP contribution in [0.25, 0.3) is 0 Å². The monoisotopic (exact) mass is 377 g/mol. The van der Waals surface area contributed by atoms with Gasteiger partial charge < -0.3 is 19.7 Å². The number of nitrogens with zero attached hydrogens (tertiary/aromatic N) is 1. The van der Waals surface area contributed by atoms with Gasteiger partial charge >= 0.3 is 6.09 Å². The second kappa shape index (κ2) is 8.28. The molecule has 0 unspecified atom stereocenters. The van der Waals surface area contributed by atoms with Gasteiger partial charge in [0.2, 0.25) is 5.91 Å². The lowest BCUT2D eigenvalue weighted by Gasteiger charge is -2.30. The zero-order chi connectivity index (χ0) is 20.2. The van der Waals surface area contributed by atoms with Gasteiger partial charge in [0.05, 0.1) is 5.69 Å². The first-order chi connectivity index (χ1) is 12.5. The van der Waals surface area contributed by atoms with Crippen LogP contribution in [0.5, 0.6) is 5.75 Å². The number of hydrogen-bond acceptors (Lipinski definition) is 5. The molecule has 0 atom stereocenters. The summed E-state index contributed by atoms with van der Waals surface area (Å²) in [5.74, 6) is 0.150. The molecule has 8 nitrogen and oxygen atoms in total. The van der Waals surface area contributed by atoms with Crippen LogP contribution in [0.4, 0.5) is 16.2 Å². The van der Waals surface area contributed by atoms with Crippen molar-refractivity contribution in [3.8, 4) is 5.75 Å². The Labute approximate surface area is 159 Å². The van der Waals surface area contributed by atoms with Gasteiger partial charge in [0.15, 0.2) is 6.61 Å². The molecule has 0 radical (unpaired) electrons. The van der Waals surface area contributed by atoms with Gasteiger partial charge in [-0.05, 0) is 52.8 Å².